The maximum atomic E-state index is 14.1. The van der Waals surface area contributed by atoms with Crippen LogP contribution in [0.1, 0.15) is 11.1 Å². The van der Waals surface area contributed by atoms with Crippen molar-refractivity contribution in [3.8, 4) is 0 Å². The van der Waals surface area contributed by atoms with Gasteiger partial charge in [0.15, 0.2) is 34.3 Å². The number of hydrogen-bond donors (Lipinski definition) is 0. The predicted molar refractivity (Wildman–Crippen MR) is 93.0 cm³/mol. The molecule has 0 aliphatic rings. The molecule has 1 aromatic heterocycles. The van der Waals surface area contributed by atoms with Crippen LogP contribution in [0.4, 0.5) is 22.0 Å². The van der Waals surface area contributed by atoms with Gasteiger partial charge in [-0.25, -0.2) is 31.1 Å². The Morgan fingerprint density at radius 2 is 1.25 bits per heavy atom. The Morgan fingerprint density at radius 3 is 1.93 bits per heavy atom. The van der Waals surface area contributed by atoms with Crippen LogP contribution in [0.5, 0.6) is 0 Å². The third-order valence-corrected chi connectivity index (χ3v) is 4.60. The summed E-state index contributed by atoms with van der Waals surface area (Å²) in [5, 5.41) is 0. The highest BCUT2D eigenvalue weighted by Gasteiger charge is 2.28. The summed E-state index contributed by atoms with van der Waals surface area (Å²) >= 11 is 0. The highest BCUT2D eigenvalue weighted by molar-refractivity contribution is 5.71. The van der Waals surface area contributed by atoms with E-state index in [0.717, 1.165) is 11.1 Å². The first-order chi connectivity index (χ1) is 13.5. The van der Waals surface area contributed by atoms with Crippen molar-refractivity contribution in [2.45, 2.75) is 13.1 Å². The lowest BCUT2D eigenvalue weighted by Crippen LogP contribution is -2.32. The molecule has 4 aromatic rings. The zero-order chi connectivity index (χ0) is 19.8. The van der Waals surface area contributed by atoms with Gasteiger partial charge in [-0.3, -0.25) is 0 Å². The van der Waals surface area contributed by atoms with Gasteiger partial charge in [-0.2, -0.15) is 0 Å². The van der Waals surface area contributed by atoms with Crippen molar-refractivity contribution in [3.63, 3.8) is 0 Å². The second-order valence-corrected chi connectivity index (χ2v) is 6.39. The van der Waals surface area contributed by atoms with Crippen molar-refractivity contribution < 1.29 is 26.5 Å². The maximum absolute atomic E-state index is 14.1. The van der Waals surface area contributed by atoms with Gasteiger partial charge in [-0.05, 0) is 17.7 Å². The first-order valence-corrected chi connectivity index (χ1v) is 8.49. The molecule has 0 unspecified atom stereocenters. The molecule has 0 radical (unpaired) electrons. The maximum Gasteiger partial charge on any atom is 0.245 e. The van der Waals surface area contributed by atoms with Crippen molar-refractivity contribution in [2.75, 3.05) is 0 Å². The highest BCUT2D eigenvalue weighted by Crippen LogP contribution is 2.25. The molecule has 0 saturated carbocycles. The number of halogens is 5. The zero-order valence-electron chi connectivity index (χ0n) is 14.5. The fraction of sp³-hybridized carbons (Fsp3) is 0.0952. The lowest BCUT2D eigenvalue weighted by Gasteiger charge is -2.06. The molecular formula is C21H14F5N2+. The van der Waals surface area contributed by atoms with E-state index in [1.165, 1.54) is 4.57 Å². The molecule has 7 heteroatoms. The van der Waals surface area contributed by atoms with Crippen LogP contribution in [0.3, 0.4) is 0 Å². The molecule has 0 fully saturated rings. The molecule has 0 aliphatic heterocycles. The topological polar surface area (TPSA) is 8.81 Å². The summed E-state index contributed by atoms with van der Waals surface area (Å²) in [6.07, 6.45) is 1.61. The van der Waals surface area contributed by atoms with Crippen molar-refractivity contribution >= 4 is 11.0 Å². The second kappa shape index (κ2) is 7.07. The number of rotatable bonds is 4. The van der Waals surface area contributed by atoms with Crippen LogP contribution in [0.2, 0.25) is 0 Å². The van der Waals surface area contributed by atoms with E-state index in [0.29, 0.717) is 12.1 Å². The molecule has 0 bridgehead atoms. The first kappa shape index (κ1) is 18.2. The Kier molecular flexibility index (Phi) is 4.58. The summed E-state index contributed by atoms with van der Waals surface area (Å²) in [5.41, 5.74) is 1.52. The number of imidazole rings is 1. The molecule has 0 saturated heterocycles. The van der Waals surface area contributed by atoms with Crippen molar-refractivity contribution in [1.29, 1.82) is 0 Å². The van der Waals surface area contributed by atoms with E-state index in [4.69, 9.17) is 0 Å². The molecule has 0 aliphatic carbocycles. The lowest BCUT2D eigenvalue weighted by atomic mass is 10.1. The largest absolute Gasteiger partial charge is 0.245 e. The van der Waals surface area contributed by atoms with Gasteiger partial charge in [0.2, 0.25) is 12.1 Å². The number of benzene rings is 3. The molecule has 0 amide bonds. The van der Waals surface area contributed by atoms with Crippen LogP contribution in [0.15, 0.2) is 60.9 Å². The predicted octanol–water partition coefficient (Wildman–Crippen LogP) is 4.72. The standard InChI is InChI=1S/C21H14F5N2/c22-17-14(18(23)20(25)21(26)19(17)24)11-28-12-27(10-13-6-2-1-3-7-13)15-8-4-5-9-16(15)28/h1-9,12H,10-11H2/q+1. The van der Waals surface area contributed by atoms with Crippen LogP contribution >= 0.6 is 0 Å². The summed E-state index contributed by atoms with van der Waals surface area (Å²) in [4.78, 5) is 0. The number of para-hydroxylation sites is 2. The molecule has 0 N–H and O–H groups in total. The molecular weight excluding hydrogens is 375 g/mol. The van der Waals surface area contributed by atoms with E-state index in [1.54, 1.807) is 18.5 Å². The van der Waals surface area contributed by atoms with Gasteiger partial charge in [0, 0.05) is 0 Å². The highest BCUT2D eigenvalue weighted by atomic mass is 19.2. The molecule has 0 atom stereocenters. The second-order valence-electron chi connectivity index (χ2n) is 6.39. The number of hydrogen-bond acceptors (Lipinski definition) is 0. The SMILES string of the molecule is Fc1c(F)c(F)c(Cn2c[n+](Cc3ccccc3)c3ccccc32)c(F)c1F. The Hall–Kier alpha value is -3.22. The third kappa shape index (κ3) is 3.02. The fourth-order valence-electron chi connectivity index (χ4n) is 3.23. The molecule has 4 rings (SSSR count). The zero-order valence-corrected chi connectivity index (χ0v) is 14.5. The van der Waals surface area contributed by atoms with E-state index in [-0.39, 0.29) is 0 Å². The van der Waals surface area contributed by atoms with E-state index >= 15 is 0 Å². The molecule has 28 heavy (non-hydrogen) atoms. The van der Waals surface area contributed by atoms with Crippen molar-refractivity contribution in [3.05, 3.63) is 101 Å². The minimum absolute atomic E-state index is 0.492. The van der Waals surface area contributed by atoms with Gasteiger partial charge in [-0.1, -0.05) is 42.5 Å². The number of aromatic nitrogens is 2. The van der Waals surface area contributed by atoms with E-state index in [9.17, 15) is 22.0 Å². The van der Waals surface area contributed by atoms with E-state index in [2.05, 4.69) is 0 Å². The Morgan fingerprint density at radius 1 is 0.679 bits per heavy atom. The fourth-order valence-corrected chi connectivity index (χ4v) is 3.23. The summed E-state index contributed by atoms with van der Waals surface area (Å²) < 4.78 is 71.9. The average Bonchev–Trinajstić information content (AvgIpc) is 3.06. The number of nitrogens with zero attached hydrogens (tertiary/aromatic N) is 2. The number of fused-ring (bicyclic) bond motifs is 1. The molecule has 1 heterocycles. The van der Waals surface area contributed by atoms with Gasteiger partial charge in [0.1, 0.15) is 13.1 Å². The van der Waals surface area contributed by atoms with Crippen LogP contribution < -0.4 is 4.57 Å². The molecule has 3 aromatic carbocycles. The monoisotopic (exact) mass is 389 g/mol. The van der Waals surface area contributed by atoms with E-state index < -0.39 is 41.2 Å². The van der Waals surface area contributed by atoms with E-state index in [1.807, 2.05) is 47.0 Å². The first-order valence-electron chi connectivity index (χ1n) is 8.49. The van der Waals surface area contributed by atoms with Gasteiger partial charge < -0.3 is 0 Å². The minimum Gasteiger partial charge on any atom is -0.226 e. The lowest BCUT2D eigenvalue weighted by molar-refractivity contribution is -0.663. The van der Waals surface area contributed by atoms with Crippen LogP contribution in [0, 0.1) is 29.1 Å². The Bertz CT molecular complexity index is 1140. The van der Waals surface area contributed by atoms with Crippen LogP contribution in [-0.4, -0.2) is 4.57 Å². The van der Waals surface area contributed by atoms with Gasteiger partial charge in [-0.15, -0.1) is 0 Å². The quantitative estimate of drug-likeness (QED) is 0.207. The van der Waals surface area contributed by atoms with Crippen molar-refractivity contribution in [2.24, 2.45) is 0 Å². The Labute approximate surface area is 157 Å². The minimum atomic E-state index is -2.16. The molecule has 2 nitrogen and oxygen atoms in total. The van der Waals surface area contributed by atoms with Crippen LogP contribution in [-0.2, 0) is 13.1 Å². The molecule has 142 valence electrons. The normalized spacial score (nSPS) is 11.3. The van der Waals surface area contributed by atoms with Gasteiger partial charge in [0.05, 0.1) is 5.56 Å². The summed E-state index contributed by atoms with van der Waals surface area (Å²) in [5.74, 6) is -9.67. The Balaban J connectivity index is 1.81. The summed E-state index contributed by atoms with van der Waals surface area (Å²) in [7, 11) is 0. The van der Waals surface area contributed by atoms with Gasteiger partial charge in [0.25, 0.3) is 0 Å². The third-order valence-electron chi connectivity index (χ3n) is 4.60. The van der Waals surface area contributed by atoms with Crippen LogP contribution in [0.25, 0.3) is 11.0 Å². The van der Waals surface area contributed by atoms with Crippen molar-refractivity contribution in [1.82, 2.24) is 4.57 Å². The summed E-state index contributed by atoms with van der Waals surface area (Å²) in [6.45, 7) is -0.000449. The molecule has 0 spiro atoms. The smallest absolute Gasteiger partial charge is 0.226 e. The average molecular weight is 389 g/mol. The summed E-state index contributed by atoms with van der Waals surface area (Å²) in [6, 6.07) is 16.6. The van der Waals surface area contributed by atoms with Gasteiger partial charge >= 0.3 is 0 Å².